The van der Waals surface area contributed by atoms with Crippen molar-refractivity contribution in [3.05, 3.63) is 58.7 Å². The van der Waals surface area contributed by atoms with E-state index in [-0.39, 0.29) is 36.4 Å². The van der Waals surface area contributed by atoms with Gasteiger partial charge in [0.1, 0.15) is 22.8 Å². The van der Waals surface area contributed by atoms with Crippen molar-refractivity contribution in [1.82, 2.24) is 0 Å². The Hall–Kier alpha value is -3.49. The highest BCUT2D eigenvalue weighted by Gasteiger charge is 2.19. The molecule has 2 aromatic rings. The van der Waals surface area contributed by atoms with E-state index in [1.54, 1.807) is 26.4 Å². The van der Waals surface area contributed by atoms with Crippen molar-refractivity contribution in [2.75, 3.05) is 42.0 Å². The molecule has 0 radical (unpaired) electrons. The molecule has 0 saturated carbocycles. The molecular weight excluding hydrogens is 440 g/mol. The van der Waals surface area contributed by atoms with E-state index in [1.807, 2.05) is 19.9 Å². The van der Waals surface area contributed by atoms with Gasteiger partial charge in [0, 0.05) is 31.9 Å². The third-order valence-corrected chi connectivity index (χ3v) is 4.79. The number of ether oxygens (including phenoxy) is 6. The van der Waals surface area contributed by atoms with Crippen LogP contribution < -0.4 is 18.9 Å². The number of hydrogen-bond donors (Lipinski definition) is 1. The molecular formula is C26H32O8. The normalized spacial score (nSPS) is 10.8. The van der Waals surface area contributed by atoms with E-state index in [0.29, 0.717) is 17.9 Å². The topological polar surface area (TPSA) is 92.7 Å². The summed E-state index contributed by atoms with van der Waals surface area (Å²) in [5.41, 5.74) is 2.79. The Labute approximate surface area is 200 Å². The van der Waals surface area contributed by atoms with Crippen molar-refractivity contribution in [3.63, 3.8) is 0 Å². The largest absolute Gasteiger partial charge is 0.507 e. The summed E-state index contributed by atoms with van der Waals surface area (Å²) in [5, 5.41) is 10.5. The lowest BCUT2D eigenvalue weighted by Gasteiger charge is -2.15. The number of hydrogen-bond acceptors (Lipinski definition) is 8. The average molecular weight is 473 g/mol. The Balaban J connectivity index is 2.47. The highest BCUT2D eigenvalue weighted by atomic mass is 16.7. The van der Waals surface area contributed by atoms with Crippen LogP contribution in [0.15, 0.2) is 42.0 Å². The second-order valence-electron chi connectivity index (χ2n) is 7.47. The van der Waals surface area contributed by atoms with Crippen molar-refractivity contribution < 1.29 is 38.3 Å². The van der Waals surface area contributed by atoms with Gasteiger partial charge in [-0.2, -0.15) is 0 Å². The van der Waals surface area contributed by atoms with E-state index in [9.17, 15) is 9.90 Å². The molecule has 0 bridgehead atoms. The minimum atomic E-state index is -0.454. The lowest BCUT2D eigenvalue weighted by atomic mass is 9.99. The van der Waals surface area contributed by atoms with Crippen LogP contribution in [0.3, 0.4) is 0 Å². The Morgan fingerprint density at radius 2 is 1.65 bits per heavy atom. The van der Waals surface area contributed by atoms with E-state index in [2.05, 4.69) is 6.08 Å². The van der Waals surface area contributed by atoms with Gasteiger partial charge in [-0.05, 0) is 38.0 Å². The van der Waals surface area contributed by atoms with Gasteiger partial charge in [-0.1, -0.05) is 23.8 Å². The third-order valence-electron chi connectivity index (χ3n) is 4.79. The number of methoxy groups -OCH3 is 4. The zero-order valence-electron chi connectivity index (χ0n) is 20.5. The molecule has 0 unspecified atom stereocenters. The van der Waals surface area contributed by atoms with Crippen molar-refractivity contribution >= 4 is 11.9 Å². The van der Waals surface area contributed by atoms with E-state index in [4.69, 9.17) is 28.4 Å². The van der Waals surface area contributed by atoms with E-state index in [1.165, 1.54) is 32.4 Å². The molecule has 2 rings (SSSR count). The van der Waals surface area contributed by atoms with Crippen LogP contribution in [0.2, 0.25) is 0 Å². The summed E-state index contributed by atoms with van der Waals surface area (Å²) in [5.74, 6) is 0.870. The fraction of sp³-hybridized carbons (Fsp3) is 0.346. The predicted molar refractivity (Wildman–Crippen MR) is 129 cm³/mol. The molecule has 0 aliphatic heterocycles. The molecule has 8 nitrogen and oxygen atoms in total. The highest BCUT2D eigenvalue weighted by Crippen LogP contribution is 2.36. The number of benzene rings is 2. The van der Waals surface area contributed by atoms with Gasteiger partial charge in [-0.25, -0.2) is 0 Å². The van der Waals surface area contributed by atoms with Crippen LogP contribution in [0.25, 0.3) is 6.08 Å². The SMILES string of the molecule is COCOc1cc(O)c(C(=O)/C=C/c2ccc(OC)c(OC)c2CC=C(C)C)c(OCOC)c1. The summed E-state index contributed by atoms with van der Waals surface area (Å²) in [7, 11) is 6.08. The van der Waals surface area contributed by atoms with Gasteiger partial charge in [0.25, 0.3) is 0 Å². The number of allylic oxidation sites excluding steroid dienone is 3. The molecule has 0 amide bonds. The van der Waals surface area contributed by atoms with Gasteiger partial charge in [0.05, 0.1) is 14.2 Å². The van der Waals surface area contributed by atoms with Crippen LogP contribution in [0.1, 0.15) is 35.3 Å². The summed E-state index contributed by atoms with van der Waals surface area (Å²) >= 11 is 0. The quantitative estimate of drug-likeness (QED) is 0.193. The minimum Gasteiger partial charge on any atom is -0.507 e. The van der Waals surface area contributed by atoms with Gasteiger partial charge < -0.3 is 33.5 Å². The molecule has 0 saturated heterocycles. The Morgan fingerprint density at radius 1 is 0.941 bits per heavy atom. The number of aromatic hydroxyl groups is 1. The third kappa shape index (κ3) is 7.00. The fourth-order valence-corrected chi connectivity index (χ4v) is 3.20. The van der Waals surface area contributed by atoms with Gasteiger partial charge >= 0.3 is 0 Å². The first kappa shape index (κ1) is 26.8. The summed E-state index contributed by atoms with van der Waals surface area (Å²) in [6, 6.07) is 6.45. The molecule has 0 aromatic heterocycles. The first-order valence-corrected chi connectivity index (χ1v) is 10.6. The Morgan fingerprint density at radius 3 is 2.26 bits per heavy atom. The van der Waals surface area contributed by atoms with Gasteiger partial charge in [0.15, 0.2) is 30.9 Å². The van der Waals surface area contributed by atoms with Crippen molar-refractivity contribution in [2.45, 2.75) is 20.3 Å². The van der Waals surface area contributed by atoms with Crippen molar-refractivity contribution in [3.8, 4) is 28.7 Å². The lowest BCUT2D eigenvalue weighted by Crippen LogP contribution is -2.07. The van der Waals surface area contributed by atoms with E-state index < -0.39 is 5.78 Å². The van der Waals surface area contributed by atoms with Gasteiger partial charge in [0.2, 0.25) is 0 Å². The summed E-state index contributed by atoms with van der Waals surface area (Å²) in [6.45, 7) is 3.88. The highest BCUT2D eigenvalue weighted by molar-refractivity contribution is 6.10. The molecule has 184 valence electrons. The first-order valence-electron chi connectivity index (χ1n) is 10.6. The monoisotopic (exact) mass is 472 g/mol. The Bertz CT molecular complexity index is 1040. The molecule has 0 aliphatic rings. The molecule has 34 heavy (non-hydrogen) atoms. The summed E-state index contributed by atoms with van der Waals surface area (Å²) in [6.07, 6.45) is 5.71. The number of rotatable bonds is 13. The van der Waals surface area contributed by atoms with E-state index >= 15 is 0 Å². The number of phenolic OH excluding ortho intramolecular Hbond substituents is 1. The van der Waals surface area contributed by atoms with Crippen LogP contribution in [0.5, 0.6) is 28.7 Å². The van der Waals surface area contributed by atoms with Crippen LogP contribution in [0, 0.1) is 0 Å². The maximum Gasteiger partial charge on any atom is 0.193 e. The number of phenols is 1. The molecule has 1 N–H and O–H groups in total. The lowest BCUT2D eigenvalue weighted by molar-refractivity contribution is 0.0453. The Kier molecular flexibility index (Phi) is 10.4. The number of carbonyl (C=O) groups excluding carboxylic acids is 1. The molecule has 0 aliphatic carbocycles. The predicted octanol–water partition coefficient (Wildman–Crippen LogP) is 4.78. The van der Waals surface area contributed by atoms with Crippen LogP contribution >= 0.6 is 0 Å². The molecule has 0 atom stereocenters. The maximum atomic E-state index is 13.1. The number of carbonyl (C=O) groups is 1. The van der Waals surface area contributed by atoms with Gasteiger partial charge in [-0.15, -0.1) is 0 Å². The zero-order chi connectivity index (χ0) is 25.1. The summed E-state index contributed by atoms with van der Waals surface area (Å²) in [4.78, 5) is 13.1. The van der Waals surface area contributed by atoms with Crippen LogP contribution in [-0.2, 0) is 15.9 Å². The van der Waals surface area contributed by atoms with Crippen LogP contribution in [-0.4, -0.2) is 52.9 Å². The van der Waals surface area contributed by atoms with E-state index in [0.717, 1.165) is 16.7 Å². The van der Waals surface area contributed by atoms with Crippen molar-refractivity contribution in [1.29, 1.82) is 0 Å². The second-order valence-corrected chi connectivity index (χ2v) is 7.47. The minimum absolute atomic E-state index is 0.00982. The second kappa shape index (κ2) is 13.3. The fourth-order valence-electron chi connectivity index (χ4n) is 3.20. The smallest absolute Gasteiger partial charge is 0.193 e. The maximum absolute atomic E-state index is 13.1. The standard InChI is InChI=1S/C26H32O8/c1-17(2)7-10-20-18(9-12-23(31-5)26(20)32-6)8-11-21(27)25-22(28)13-19(33-15-29-3)14-24(25)34-16-30-4/h7-9,11-14,28H,10,15-16H2,1-6H3/b11-8+. The molecule has 0 heterocycles. The zero-order valence-corrected chi connectivity index (χ0v) is 20.5. The first-order chi connectivity index (χ1) is 16.4. The van der Waals surface area contributed by atoms with Gasteiger partial charge in [-0.3, -0.25) is 4.79 Å². The summed E-state index contributed by atoms with van der Waals surface area (Å²) < 4.78 is 31.7. The molecule has 0 spiro atoms. The molecule has 8 heteroatoms. The van der Waals surface area contributed by atoms with Crippen molar-refractivity contribution in [2.24, 2.45) is 0 Å². The molecule has 2 aromatic carbocycles. The average Bonchev–Trinajstić information content (AvgIpc) is 2.82. The molecule has 0 fully saturated rings. The number of ketones is 1. The van der Waals surface area contributed by atoms with Crippen LogP contribution in [0.4, 0.5) is 0 Å².